The van der Waals surface area contributed by atoms with Crippen LogP contribution < -0.4 is 5.32 Å². The molecule has 1 aromatic rings. The third-order valence-corrected chi connectivity index (χ3v) is 6.88. The van der Waals surface area contributed by atoms with Crippen LogP contribution in [0, 0.1) is 0 Å². The summed E-state index contributed by atoms with van der Waals surface area (Å²) >= 11 is 6.13. The molecule has 0 unspecified atom stereocenters. The fourth-order valence-corrected chi connectivity index (χ4v) is 4.71. The van der Waals surface area contributed by atoms with Crippen molar-refractivity contribution in [2.45, 2.75) is 37.2 Å². The van der Waals surface area contributed by atoms with E-state index in [2.05, 4.69) is 5.32 Å². The summed E-state index contributed by atoms with van der Waals surface area (Å²) in [6, 6.07) is 4.11. The van der Waals surface area contributed by atoms with Gasteiger partial charge in [0.05, 0.1) is 15.6 Å². The van der Waals surface area contributed by atoms with Crippen LogP contribution in [-0.2, 0) is 33.8 Å². The zero-order valence-corrected chi connectivity index (χ0v) is 18.0. The number of nitrogens with zero attached hydrogens (tertiary/aromatic N) is 1. The molecule has 1 saturated heterocycles. The fraction of sp³-hybridized carbons (Fsp3) is 0.474. The molecule has 0 aromatic heterocycles. The number of carbonyl (C=O) groups excluding carboxylic acids is 2. The van der Waals surface area contributed by atoms with Crippen molar-refractivity contribution in [2.24, 2.45) is 0 Å². The smallest absolute Gasteiger partial charge is 0.377 e. The van der Waals surface area contributed by atoms with Gasteiger partial charge in [-0.1, -0.05) is 18.0 Å². The van der Waals surface area contributed by atoms with Crippen LogP contribution in [0.2, 0.25) is 5.02 Å². The number of amides is 1. The van der Waals surface area contributed by atoms with Crippen LogP contribution in [0.4, 0.5) is 5.69 Å². The van der Waals surface area contributed by atoms with Gasteiger partial charge in [-0.25, -0.2) is 13.2 Å². The van der Waals surface area contributed by atoms with Crippen LogP contribution in [0.3, 0.4) is 0 Å². The number of ether oxygens (including phenoxy) is 3. The normalized spacial score (nSPS) is 18.4. The molecule has 164 valence electrons. The molecule has 11 heteroatoms. The average molecular weight is 459 g/mol. The Balaban J connectivity index is 1.69. The highest BCUT2D eigenvalue weighted by atomic mass is 35.5. The van der Waals surface area contributed by atoms with E-state index in [0.29, 0.717) is 19.7 Å². The Labute approximate surface area is 180 Å². The minimum Gasteiger partial charge on any atom is -0.493 e. The van der Waals surface area contributed by atoms with Gasteiger partial charge < -0.3 is 19.5 Å². The minimum atomic E-state index is -3.69. The van der Waals surface area contributed by atoms with Crippen LogP contribution in [0.25, 0.3) is 0 Å². The fourth-order valence-electron chi connectivity index (χ4n) is 3.00. The monoisotopic (exact) mass is 458 g/mol. The van der Waals surface area contributed by atoms with Crippen molar-refractivity contribution in [2.75, 3.05) is 31.6 Å². The molecule has 3 rings (SSSR count). The third-order valence-electron chi connectivity index (χ3n) is 4.65. The van der Waals surface area contributed by atoms with E-state index in [0.717, 1.165) is 25.5 Å². The number of piperidine rings is 1. The van der Waals surface area contributed by atoms with Gasteiger partial charge in [0, 0.05) is 13.1 Å². The molecule has 30 heavy (non-hydrogen) atoms. The molecule has 1 fully saturated rings. The lowest BCUT2D eigenvalue weighted by molar-refractivity contribution is -0.153. The molecule has 1 atom stereocenters. The van der Waals surface area contributed by atoms with Crippen LogP contribution in [-0.4, -0.2) is 57.0 Å². The van der Waals surface area contributed by atoms with E-state index in [1.807, 2.05) is 0 Å². The first-order chi connectivity index (χ1) is 14.3. The lowest BCUT2D eigenvalue weighted by atomic mass is 10.2. The number of nitrogens with one attached hydrogen (secondary N) is 1. The van der Waals surface area contributed by atoms with Crippen LogP contribution in [0.5, 0.6) is 0 Å². The molecule has 0 spiro atoms. The van der Waals surface area contributed by atoms with Gasteiger partial charge in [-0.3, -0.25) is 4.79 Å². The molecular weight excluding hydrogens is 436 g/mol. The van der Waals surface area contributed by atoms with E-state index in [1.165, 1.54) is 29.4 Å². The Morgan fingerprint density at radius 1 is 1.20 bits per heavy atom. The second kappa shape index (κ2) is 9.67. The predicted molar refractivity (Wildman–Crippen MR) is 108 cm³/mol. The van der Waals surface area contributed by atoms with Gasteiger partial charge in [-0.2, -0.15) is 4.31 Å². The van der Waals surface area contributed by atoms with Crippen molar-refractivity contribution in [1.82, 2.24) is 4.31 Å². The molecule has 2 heterocycles. The van der Waals surface area contributed by atoms with Gasteiger partial charge in [0.2, 0.25) is 15.8 Å². The first-order valence-corrected chi connectivity index (χ1v) is 11.4. The van der Waals surface area contributed by atoms with Crippen molar-refractivity contribution in [3.05, 3.63) is 35.2 Å². The zero-order valence-electron chi connectivity index (χ0n) is 16.4. The Hall–Kier alpha value is -2.30. The molecule has 9 nitrogen and oxygen atoms in total. The van der Waals surface area contributed by atoms with E-state index in [9.17, 15) is 18.0 Å². The van der Waals surface area contributed by atoms with Gasteiger partial charge in [0.1, 0.15) is 19.5 Å². The molecule has 1 amide bonds. The maximum absolute atomic E-state index is 12.9. The summed E-state index contributed by atoms with van der Waals surface area (Å²) in [4.78, 5) is 24.5. The average Bonchev–Trinajstić information content (AvgIpc) is 2.76. The van der Waals surface area contributed by atoms with Crippen molar-refractivity contribution in [3.63, 3.8) is 0 Å². The van der Waals surface area contributed by atoms with Crippen molar-refractivity contribution in [3.8, 4) is 0 Å². The van der Waals surface area contributed by atoms with Crippen molar-refractivity contribution >= 4 is 39.2 Å². The lowest BCUT2D eigenvalue weighted by Gasteiger charge is -2.26. The maximum Gasteiger partial charge on any atom is 0.377 e. The summed E-state index contributed by atoms with van der Waals surface area (Å²) in [5.74, 6) is -1.64. The van der Waals surface area contributed by atoms with Gasteiger partial charge >= 0.3 is 5.97 Å². The molecule has 0 radical (unpaired) electrons. The Kier molecular flexibility index (Phi) is 7.22. The number of hydrogen-bond acceptors (Lipinski definition) is 7. The van der Waals surface area contributed by atoms with E-state index in [-0.39, 0.29) is 28.0 Å². The van der Waals surface area contributed by atoms with Crippen LogP contribution in [0.1, 0.15) is 26.2 Å². The third kappa shape index (κ3) is 5.24. The number of hydrogen-bond donors (Lipinski definition) is 1. The minimum absolute atomic E-state index is 0.0339. The second-order valence-corrected chi connectivity index (χ2v) is 9.19. The molecule has 2 aliphatic rings. The summed E-state index contributed by atoms with van der Waals surface area (Å²) < 4.78 is 42.3. The predicted octanol–water partition coefficient (Wildman–Crippen LogP) is 2.27. The largest absolute Gasteiger partial charge is 0.493 e. The van der Waals surface area contributed by atoms with Crippen LogP contribution in [0.15, 0.2) is 35.1 Å². The number of anilines is 1. The highest BCUT2D eigenvalue weighted by molar-refractivity contribution is 7.89. The van der Waals surface area contributed by atoms with Gasteiger partial charge in [0.25, 0.3) is 5.91 Å². The SMILES string of the molecule is C[C@@H](OC(=O)C1=COCCO1)C(=O)Nc1cc(S(=O)(=O)N2CCCCC2)ccc1Cl. The van der Waals surface area contributed by atoms with E-state index >= 15 is 0 Å². The number of carbonyl (C=O) groups is 2. The summed E-state index contributed by atoms with van der Waals surface area (Å²) in [6.45, 7) is 2.82. The lowest BCUT2D eigenvalue weighted by Crippen LogP contribution is -2.35. The van der Waals surface area contributed by atoms with E-state index in [1.54, 1.807) is 0 Å². The molecule has 2 aliphatic heterocycles. The number of sulfonamides is 1. The maximum atomic E-state index is 12.9. The number of halogens is 1. The molecule has 1 aromatic carbocycles. The quantitative estimate of drug-likeness (QED) is 0.651. The highest BCUT2D eigenvalue weighted by Crippen LogP contribution is 2.28. The topological polar surface area (TPSA) is 111 Å². The van der Waals surface area contributed by atoms with Crippen molar-refractivity contribution < 1.29 is 32.2 Å². The second-order valence-electron chi connectivity index (χ2n) is 6.84. The Morgan fingerprint density at radius 3 is 2.60 bits per heavy atom. The zero-order chi connectivity index (χ0) is 21.7. The van der Waals surface area contributed by atoms with E-state index in [4.69, 9.17) is 25.8 Å². The first kappa shape index (κ1) is 22.4. The number of esters is 1. The summed E-state index contributed by atoms with van der Waals surface area (Å²) in [6.07, 6.45) is 2.57. The van der Waals surface area contributed by atoms with Crippen LogP contribution >= 0.6 is 11.6 Å². The van der Waals surface area contributed by atoms with Crippen molar-refractivity contribution in [1.29, 1.82) is 0 Å². The number of benzene rings is 1. The van der Waals surface area contributed by atoms with E-state index < -0.39 is 28.0 Å². The number of rotatable bonds is 6. The molecule has 0 saturated carbocycles. The molecular formula is C19H23ClN2O7S. The molecule has 0 aliphatic carbocycles. The summed E-state index contributed by atoms with van der Waals surface area (Å²) in [5, 5.41) is 2.67. The Bertz CT molecular complexity index is 942. The summed E-state index contributed by atoms with van der Waals surface area (Å²) in [5.41, 5.74) is 0.110. The Morgan fingerprint density at radius 2 is 1.93 bits per heavy atom. The highest BCUT2D eigenvalue weighted by Gasteiger charge is 2.28. The first-order valence-electron chi connectivity index (χ1n) is 9.55. The van der Waals surface area contributed by atoms with Gasteiger partial charge in [-0.05, 0) is 38.0 Å². The van der Waals surface area contributed by atoms with Gasteiger partial charge in [0.15, 0.2) is 6.10 Å². The van der Waals surface area contributed by atoms with Gasteiger partial charge in [-0.15, -0.1) is 0 Å². The summed E-state index contributed by atoms with van der Waals surface area (Å²) in [7, 11) is -3.69. The molecule has 1 N–H and O–H groups in total. The molecule has 0 bridgehead atoms. The standard InChI is InChI=1S/C19H23ClN2O7S/c1-13(29-19(24)17-12-27-9-10-28-17)18(23)21-16-11-14(5-6-15(16)20)30(25,26)22-7-3-2-4-8-22/h5-6,11-13H,2-4,7-10H2,1H3,(H,21,23)/t13-/m1/s1.